The SMILES string of the molecule is c1csc(C(NC2CCOC2)C2CCCC2)c1. The van der Waals surface area contributed by atoms with Crippen LogP contribution < -0.4 is 5.32 Å². The summed E-state index contributed by atoms with van der Waals surface area (Å²) in [6.07, 6.45) is 6.78. The predicted molar refractivity (Wildman–Crippen MR) is 71.4 cm³/mol. The highest BCUT2D eigenvalue weighted by Gasteiger charge is 2.29. The van der Waals surface area contributed by atoms with E-state index in [9.17, 15) is 0 Å². The molecule has 1 saturated heterocycles. The van der Waals surface area contributed by atoms with E-state index in [2.05, 4.69) is 22.8 Å². The van der Waals surface area contributed by atoms with Crippen LogP contribution in [0.4, 0.5) is 0 Å². The summed E-state index contributed by atoms with van der Waals surface area (Å²) in [6, 6.07) is 5.61. The lowest BCUT2D eigenvalue weighted by molar-refractivity contribution is 0.185. The van der Waals surface area contributed by atoms with Gasteiger partial charge in [0.05, 0.1) is 6.61 Å². The molecular formula is C14H21NOS. The molecule has 1 aliphatic heterocycles. The van der Waals surface area contributed by atoms with Crippen LogP contribution >= 0.6 is 11.3 Å². The van der Waals surface area contributed by atoms with Crippen LogP contribution in [-0.2, 0) is 4.74 Å². The number of hydrogen-bond donors (Lipinski definition) is 1. The van der Waals surface area contributed by atoms with Gasteiger partial charge in [-0.2, -0.15) is 0 Å². The molecule has 94 valence electrons. The highest BCUT2D eigenvalue weighted by molar-refractivity contribution is 7.10. The Bertz CT molecular complexity index is 326. The topological polar surface area (TPSA) is 21.3 Å². The maximum absolute atomic E-state index is 5.48. The lowest BCUT2D eigenvalue weighted by atomic mass is 9.95. The zero-order chi connectivity index (χ0) is 11.5. The Morgan fingerprint density at radius 3 is 2.82 bits per heavy atom. The van der Waals surface area contributed by atoms with Crippen molar-refractivity contribution in [2.75, 3.05) is 13.2 Å². The molecule has 2 aliphatic rings. The van der Waals surface area contributed by atoms with Gasteiger partial charge < -0.3 is 10.1 Å². The van der Waals surface area contributed by atoms with E-state index in [-0.39, 0.29) is 0 Å². The number of hydrogen-bond acceptors (Lipinski definition) is 3. The van der Waals surface area contributed by atoms with E-state index in [4.69, 9.17) is 4.74 Å². The van der Waals surface area contributed by atoms with Gasteiger partial charge in [0.1, 0.15) is 0 Å². The van der Waals surface area contributed by atoms with E-state index in [1.165, 1.54) is 37.0 Å². The average Bonchev–Trinajstić information content (AvgIpc) is 3.09. The van der Waals surface area contributed by atoms with Crippen molar-refractivity contribution in [2.45, 2.75) is 44.2 Å². The third-order valence-corrected chi connectivity index (χ3v) is 5.02. The molecule has 1 aromatic heterocycles. The molecule has 1 N–H and O–H groups in total. The Labute approximate surface area is 107 Å². The van der Waals surface area contributed by atoms with Crippen molar-refractivity contribution in [3.05, 3.63) is 22.4 Å². The zero-order valence-corrected chi connectivity index (χ0v) is 11.0. The molecule has 2 unspecified atom stereocenters. The summed E-state index contributed by atoms with van der Waals surface area (Å²) in [6.45, 7) is 1.83. The predicted octanol–water partition coefficient (Wildman–Crippen LogP) is 3.36. The van der Waals surface area contributed by atoms with E-state index >= 15 is 0 Å². The summed E-state index contributed by atoms with van der Waals surface area (Å²) >= 11 is 1.90. The fourth-order valence-electron chi connectivity index (χ4n) is 3.13. The van der Waals surface area contributed by atoms with Gasteiger partial charge in [-0.25, -0.2) is 0 Å². The molecule has 1 saturated carbocycles. The molecule has 2 fully saturated rings. The van der Waals surface area contributed by atoms with Crippen molar-refractivity contribution >= 4 is 11.3 Å². The van der Waals surface area contributed by atoms with Crippen LogP contribution in [0.2, 0.25) is 0 Å². The molecule has 3 heteroatoms. The third-order valence-electron chi connectivity index (χ3n) is 4.07. The van der Waals surface area contributed by atoms with Crippen LogP contribution in [0, 0.1) is 5.92 Å². The van der Waals surface area contributed by atoms with Crippen molar-refractivity contribution in [2.24, 2.45) is 5.92 Å². The molecule has 0 radical (unpaired) electrons. The Kier molecular flexibility index (Phi) is 3.79. The zero-order valence-electron chi connectivity index (χ0n) is 10.2. The molecule has 0 amide bonds. The van der Waals surface area contributed by atoms with Crippen LogP contribution in [0.15, 0.2) is 17.5 Å². The first-order chi connectivity index (χ1) is 8.43. The monoisotopic (exact) mass is 251 g/mol. The first-order valence-electron chi connectivity index (χ1n) is 6.80. The summed E-state index contributed by atoms with van der Waals surface area (Å²) in [4.78, 5) is 1.52. The molecule has 0 spiro atoms. The van der Waals surface area contributed by atoms with Gasteiger partial charge in [-0.1, -0.05) is 18.9 Å². The Morgan fingerprint density at radius 2 is 2.18 bits per heavy atom. The second-order valence-corrected chi connectivity index (χ2v) is 6.24. The van der Waals surface area contributed by atoms with Crippen LogP contribution in [0.1, 0.15) is 43.0 Å². The minimum Gasteiger partial charge on any atom is -0.380 e. The Hall–Kier alpha value is -0.380. The first kappa shape index (κ1) is 11.7. The highest BCUT2D eigenvalue weighted by Crippen LogP contribution is 2.37. The van der Waals surface area contributed by atoms with Crippen molar-refractivity contribution in [3.8, 4) is 0 Å². The van der Waals surface area contributed by atoms with Gasteiger partial charge in [-0.05, 0) is 36.6 Å². The van der Waals surface area contributed by atoms with Gasteiger partial charge in [0.15, 0.2) is 0 Å². The molecule has 0 aromatic carbocycles. The molecule has 2 nitrogen and oxygen atoms in total. The van der Waals surface area contributed by atoms with E-state index in [0.717, 1.165) is 19.1 Å². The summed E-state index contributed by atoms with van der Waals surface area (Å²) < 4.78 is 5.48. The summed E-state index contributed by atoms with van der Waals surface area (Å²) in [5.41, 5.74) is 0. The van der Waals surface area contributed by atoms with Gasteiger partial charge in [-0.15, -0.1) is 11.3 Å². The summed E-state index contributed by atoms with van der Waals surface area (Å²) in [5.74, 6) is 0.842. The maximum Gasteiger partial charge on any atom is 0.0620 e. The average molecular weight is 251 g/mol. The molecule has 1 aliphatic carbocycles. The molecule has 1 aromatic rings. The quantitative estimate of drug-likeness (QED) is 0.886. The molecule has 2 heterocycles. The van der Waals surface area contributed by atoms with Crippen LogP contribution in [0.3, 0.4) is 0 Å². The number of ether oxygens (including phenoxy) is 1. The summed E-state index contributed by atoms with van der Waals surface area (Å²) in [5, 5.41) is 6.04. The van der Waals surface area contributed by atoms with E-state index in [0.29, 0.717) is 12.1 Å². The number of thiophene rings is 1. The van der Waals surface area contributed by atoms with Gasteiger partial charge in [0.25, 0.3) is 0 Å². The highest BCUT2D eigenvalue weighted by atomic mass is 32.1. The first-order valence-corrected chi connectivity index (χ1v) is 7.68. The molecule has 0 bridgehead atoms. The van der Waals surface area contributed by atoms with Crippen LogP contribution in [0.5, 0.6) is 0 Å². The molecule has 3 rings (SSSR count). The normalized spacial score (nSPS) is 27.6. The van der Waals surface area contributed by atoms with Gasteiger partial charge in [0, 0.05) is 23.6 Å². The second-order valence-electron chi connectivity index (χ2n) is 5.26. The van der Waals surface area contributed by atoms with Crippen molar-refractivity contribution in [1.82, 2.24) is 5.32 Å². The Balaban J connectivity index is 1.70. The largest absolute Gasteiger partial charge is 0.380 e. The molecular weight excluding hydrogens is 230 g/mol. The number of nitrogens with one attached hydrogen (secondary N) is 1. The van der Waals surface area contributed by atoms with E-state index in [1.54, 1.807) is 0 Å². The fourth-order valence-corrected chi connectivity index (χ4v) is 4.01. The van der Waals surface area contributed by atoms with Crippen molar-refractivity contribution in [1.29, 1.82) is 0 Å². The minimum absolute atomic E-state index is 0.572. The Morgan fingerprint density at radius 1 is 1.29 bits per heavy atom. The fraction of sp³-hybridized carbons (Fsp3) is 0.714. The van der Waals surface area contributed by atoms with Crippen molar-refractivity contribution in [3.63, 3.8) is 0 Å². The second kappa shape index (κ2) is 5.51. The molecule has 17 heavy (non-hydrogen) atoms. The van der Waals surface area contributed by atoms with E-state index in [1.807, 2.05) is 11.3 Å². The lowest BCUT2D eigenvalue weighted by Gasteiger charge is -2.26. The third kappa shape index (κ3) is 2.72. The summed E-state index contributed by atoms with van der Waals surface area (Å²) in [7, 11) is 0. The van der Waals surface area contributed by atoms with Gasteiger partial charge in [-0.3, -0.25) is 0 Å². The number of rotatable bonds is 4. The molecule has 2 atom stereocenters. The lowest BCUT2D eigenvalue weighted by Crippen LogP contribution is -2.36. The van der Waals surface area contributed by atoms with Crippen LogP contribution in [-0.4, -0.2) is 19.3 Å². The maximum atomic E-state index is 5.48. The smallest absolute Gasteiger partial charge is 0.0620 e. The van der Waals surface area contributed by atoms with Gasteiger partial charge >= 0.3 is 0 Å². The van der Waals surface area contributed by atoms with Crippen LogP contribution in [0.25, 0.3) is 0 Å². The van der Waals surface area contributed by atoms with Gasteiger partial charge in [0.2, 0.25) is 0 Å². The van der Waals surface area contributed by atoms with E-state index < -0.39 is 0 Å². The van der Waals surface area contributed by atoms with Crippen molar-refractivity contribution < 1.29 is 4.74 Å². The minimum atomic E-state index is 0.572. The standard InChI is InChI=1S/C14H21NOS/c1-2-5-11(4-1)14(13-6-3-9-17-13)15-12-7-8-16-10-12/h3,6,9,11-12,14-15H,1-2,4-5,7-8,10H2.